The Bertz CT molecular complexity index is 126. The van der Waals surface area contributed by atoms with Crippen LogP contribution in [0.1, 0.15) is 20.3 Å². The Morgan fingerprint density at radius 2 is 2.18 bits per heavy atom. The molecule has 0 radical (unpaired) electrons. The average Bonchev–Trinajstić information content (AvgIpc) is 1.86. The highest BCUT2D eigenvalue weighted by Crippen LogP contribution is 2.02. The lowest BCUT2D eigenvalue weighted by atomic mass is 10.1. The summed E-state index contributed by atoms with van der Waals surface area (Å²) in [7, 11) is 0. The van der Waals surface area contributed by atoms with Crippen LogP contribution in [0.3, 0.4) is 0 Å². The molecule has 0 spiro atoms. The van der Waals surface area contributed by atoms with Gasteiger partial charge in [-0.05, 0) is 12.3 Å². The fourth-order valence-electron chi connectivity index (χ4n) is 0.938. The number of rotatable bonds is 5. The van der Waals surface area contributed by atoms with Crippen molar-refractivity contribution in [3.63, 3.8) is 0 Å². The highest BCUT2D eigenvalue weighted by molar-refractivity contribution is 4.86. The molecule has 1 unspecified atom stereocenters. The van der Waals surface area contributed by atoms with Crippen LogP contribution in [0.25, 0.3) is 0 Å². The molecule has 0 bridgehead atoms. The fourth-order valence-corrected chi connectivity index (χ4v) is 0.938. The molecular weight excluding hydrogens is 138 g/mol. The summed E-state index contributed by atoms with van der Waals surface area (Å²) in [6.07, 6.45) is 5.59. The maximum Gasteiger partial charge on any atom is 0.0667 e. The van der Waals surface area contributed by atoms with Gasteiger partial charge in [0, 0.05) is 6.54 Å². The Balaban J connectivity index is 3.24. The van der Waals surface area contributed by atoms with E-state index in [4.69, 9.17) is 6.42 Å². The van der Waals surface area contributed by atoms with Gasteiger partial charge in [-0.1, -0.05) is 19.8 Å². The van der Waals surface area contributed by atoms with Gasteiger partial charge in [0.2, 0.25) is 0 Å². The first kappa shape index (κ1) is 10.5. The maximum absolute atomic E-state index is 9.32. The molecule has 0 aliphatic heterocycles. The third kappa shape index (κ3) is 7.38. The highest BCUT2D eigenvalue weighted by atomic mass is 16.3. The van der Waals surface area contributed by atoms with Gasteiger partial charge in [0.15, 0.2) is 0 Å². The molecule has 0 heterocycles. The van der Waals surface area contributed by atoms with Crippen LogP contribution < -0.4 is 5.32 Å². The molecule has 2 nitrogen and oxygen atoms in total. The van der Waals surface area contributed by atoms with Crippen LogP contribution in [0.2, 0.25) is 0 Å². The van der Waals surface area contributed by atoms with Crippen LogP contribution in [0.5, 0.6) is 0 Å². The molecule has 64 valence electrons. The van der Waals surface area contributed by atoms with Gasteiger partial charge in [0.05, 0.1) is 12.6 Å². The standard InChI is InChI=1S/C9H17NO/c1-4-5-10-7-9(11)6-8(2)3/h1,8-11H,5-7H2,2-3H3. The van der Waals surface area contributed by atoms with Crippen molar-refractivity contribution in [2.75, 3.05) is 13.1 Å². The second-order valence-electron chi connectivity index (χ2n) is 3.12. The Labute approximate surface area is 69.0 Å². The van der Waals surface area contributed by atoms with E-state index in [1.165, 1.54) is 0 Å². The minimum Gasteiger partial charge on any atom is -0.392 e. The van der Waals surface area contributed by atoms with E-state index in [0.29, 0.717) is 19.0 Å². The molecule has 0 amide bonds. The summed E-state index contributed by atoms with van der Waals surface area (Å²) in [5.74, 6) is 2.99. The van der Waals surface area contributed by atoms with Crippen LogP contribution >= 0.6 is 0 Å². The third-order valence-corrected chi connectivity index (χ3v) is 1.35. The molecule has 0 saturated carbocycles. The predicted molar refractivity (Wildman–Crippen MR) is 47.2 cm³/mol. The Hall–Kier alpha value is -0.520. The van der Waals surface area contributed by atoms with Gasteiger partial charge in [-0.25, -0.2) is 0 Å². The van der Waals surface area contributed by atoms with E-state index >= 15 is 0 Å². The number of hydrogen-bond acceptors (Lipinski definition) is 2. The van der Waals surface area contributed by atoms with E-state index in [-0.39, 0.29) is 6.10 Å². The summed E-state index contributed by atoms with van der Waals surface area (Å²) in [6, 6.07) is 0. The Kier molecular flexibility index (Phi) is 5.91. The molecule has 2 heteroatoms. The zero-order valence-electron chi connectivity index (χ0n) is 7.30. The van der Waals surface area contributed by atoms with E-state index in [2.05, 4.69) is 25.1 Å². The van der Waals surface area contributed by atoms with Crippen molar-refractivity contribution in [1.82, 2.24) is 5.32 Å². The highest BCUT2D eigenvalue weighted by Gasteiger charge is 2.04. The molecule has 2 N–H and O–H groups in total. The SMILES string of the molecule is C#CCNCC(O)CC(C)C. The monoisotopic (exact) mass is 155 g/mol. The first-order valence-electron chi connectivity index (χ1n) is 3.99. The lowest BCUT2D eigenvalue weighted by Gasteiger charge is -2.12. The second-order valence-corrected chi connectivity index (χ2v) is 3.12. The van der Waals surface area contributed by atoms with Crippen molar-refractivity contribution < 1.29 is 5.11 Å². The molecule has 0 rings (SSSR count). The largest absolute Gasteiger partial charge is 0.392 e. The van der Waals surface area contributed by atoms with Gasteiger partial charge < -0.3 is 10.4 Å². The Morgan fingerprint density at radius 3 is 2.64 bits per heavy atom. The first-order valence-corrected chi connectivity index (χ1v) is 3.99. The van der Waals surface area contributed by atoms with E-state index in [0.717, 1.165) is 6.42 Å². The van der Waals surface area contributed by atoms with Crippen molar-refractivity contribution in [2.24, 2.45) is 5.92 Å². The Morgan fingerprint density at radius 1 is 1.55 bits per heavy atom. The molecule has 0 fully saturated rings. The summed E-state index contributed by atoms with van der Waals surface area (Å²) >= 11 is 0. The van der Waals surface area contributed by atoms with Crippen molar-refractivity contribution in [2.45, 2.75) is 26.4 Å². The summed E-state index contributed by atoms with van der Waals surface area (Å²) in [5, 5.41) is 12.3. The van der Waals surface area contributed by atoms with E-state index in [1.807, 2.05) is 0 Å². The summed E-state index contributed by atoms with van der Waals surface area (Å²) in [5.41, 5.74) is 0. The zero-order chi connectivity index (χ0) is 8.69. The van der Waals surface area contributed by atoms with Crippen LogP contribution in [0, 0.1) is 18.3 Å². The lowest BCUT2D eigenvalue weighted by molar-refractivity contribution is 0.148. The first-order chi connectivity index (χ1) is 5.16. The molecule has 0 saturated heterocycles. The van der Waals surface area contributed by atoms with Crippen LogP contribution in [0.15, 0.2) is 0 Å². The molecular formula is C9H17NO. The number of nitrogens with one attached hydrogen (secondary N) is 1. The number of aliphatic hydroxyl groups is 1. The van der Waals surface area contributed by atoms with Gasteiger partial charge in [0.25, 0.3) is 0 Å². The van der Waals surface area contributed by atoms with Crippen LogP contribution in [-0.2, 0) is 0 Å². The minimum atomic E-state index is -0.261. The minimum absolute atomic E-state index is 0.261. The van der Waals surface area contributed by atoms with Gasteiger partial charge in [-0.15, -0.1) is 6.42 Å². The van der Waals surface area contributed by atoms with E-state index in [1.54, 1.807) is 0 Å². The summed E-state index contributed by atoms with van der Waals surface area (Å²) in [4.78, 5) is 0. The topological polar surface area (TPSA) is 32.3 Å². The van der Waals surface area contributed by atoms with Gasteiger partial charge in [0.1, 0.15) is 0 Å². The fraction of sp³-hybridized carbons (Fsp3) is 0.778. The molecule has 1 atom stereocenters. The van der Waals surface area contributed by atoms with Gasteiger partial charge >= 0.3 is 0 Å². The normalized spacial score (nSPS) is 13.0. The van der Waals surface area contributed by atoms with Crippen LogP contribution in [0.4, 0.5) is 0 Å². The van der Waals surface area contributed by atoms with Crippen molar-refractivity contribution in [1.29, 1.82) is 0 Å². The van der Waals surface area contributed by atoms with E-state index in [9.17, 15) is 5.11 Å². The summed E-state index contributed by atoms with van der Waals surface area (Å²) in [6.45, 7) is 5.31. The smallest absolute Gasteiger partial charge is 0.0667 e. The van der Waals surface area contributed by atoms with Crippen molar-refractivity contribution >= 4 is 0 Å². The van der Waals surface area contributed by atoms with Crippen molar-refractivity contribution in [3.05, 3.63) is 0 Å². The second kappa shape index (κ2) is 6.21. The van der Waals surface area contributed by atoms with E-state index < -0.39 is 0 Å². The van der Waals surface area contributed by atoms with Crippen molar-refractivity contribution in [3.8, 4) is 12.3 Å². The zero-order valence-corrected chi connectivity index (χ0v) is 7.30. The van der Waals surface area contributed by atoms with Gasteiger partial charge in [-0.2, -0.15) is 0 Å². The van der Waals surface area contributed by atoms with Gasteiger partial charge in [-0.3, -0.25) is 0 Å². The molecule has 0 aliphatic rings. The summed E-state index contributed by atoms with van der Waals surface area (Å²) < 4.78 is 0. The third-order valence-electron chi connectivity index (χ3n) is 1.35. The van der Waals surface area contributed by atoms with Crippen LogP contribution in [-0.4, -0.2) is 24.3 Å². The maximum atomic E-state index is 9.32. The molecule has 0 aromatic rings. The number of terminal acetylenes is 1. The number of hydrogen-bond donors (Lipinski definition) is 2. The average molecular weight is 155 g/mol. The molecule has 0 aliphatic carbocycles. The number of aliphatic hydroxyl groups excluding tert-OH is 1. The molecule has 11 heavy (non-hydrogen) atoms. The predicted octanol–water partition coefficient (Wildman–Crippen LogP) is 0.616. The quantitative estimate of drug-likeness (QED) is 0.450. The lowest BCUT2D eigenvalue weighted by Crippen LogP contribution is -2.27. The molecule has 0 aromatic carbocycles. The molecule has 0 aromatic heterocycles.